The fourth-order valence-corrected chi connectivity index (χ4v) is 3.02. The monoisotopic (exact) mass is 380 g/mol. The van der Waals surface area contributed by atoms with Gasteiger partial charge in [-0.15, -0.1) is 0 Å². The minimum atomic E-state index is -0.375. The molecule has 2 fully saturated rings. The van der Waals surface area contributed by atoms with Gasteiger partial charge in [-0.2, -0.15) is 0 Å². The minimum absolute atomic E-state index is 0. The maximum absolute atomic E-state index is 8.56. The van der Waals surface area contributed by atoms with Gasteiger partial charge >= 0.3 is 0 Å². The van der Waals surface area contributed by atoms with Crippen LogP contribution in [0, 0.1) is 0 Å². The third-order valence-corrected chi connectivity index (χ3v) is 3.71. The summed E-state index contributed by atoms with van der Waals surface area (Å²) in [5, 5.41) is 17.1. The molecule has 26 heavy (non-hydrogen) atoms. The molecule has 2 aliphatic heterocycles. The third kappa shape index (κ3) is 16.0. The molecule has 0 saturated carbocycles. The fraction of sp³-hybridized carbons (Fsp3) is 1.00. The number of hydrogen-bond donors (Lipinski definition) is 2. The predicted octanol–water partition coefficient (Wildman–Crippen LogP) is 3.87. The lowest BCUT2D eigenvalue weighted by Gasteiger charge is -2.30. The molecule has 2 aliphatic rings. The molecule has 0 spiro atoms. The molecule has 2 saturated heterocycles. The van der Waals surface area contributed by atoms with Crippen molar-refractivity contribution in [1.29, 1.82) is 0 Å². The van der Waals surface area contributed by atoms with Crippen molar-refractivity contribution >= 4 is 0 Å². The van der Waals surface area contributed by atoms with Gasteiger partial charge in [0, 0.05) is 0 Å². The summed E-state index contributed by atoms with van der Waals surface area (Å²) in [5.41, 5.74) is 0. The van der Waals surface area contributed by atoms with Crippen LogP contribution in [0.2, 0.25) is 0 Å². The second-order valence-corrected chi connectivity index (χ2v) is 7.33. The Morgan fingerprint density at radius 1 is 0.654 bits per heavy atom. The van der Waals surface area contributed by atoms with Gasteiger partial charge < -0.3 is 29.2 Å². The predicted molar refractivity (Wildman–Crippen MR) is 105 cm³/mol. The Labute approximate surface area is 161 Å². The zero-order chi connectivity index (χ0) is 19.6. The average molecular weight is 381 g/mol. The maximum Gasteiger partial charge on any atom is 0.155 e. The first-order chi connectivity index (χ1) is 11.5. The maximum atomic E-state index is 8.56. The first-order valence-electron chi connectivity index (χ1n) is 9.47. The van der Waals surface area contributed by atoms with E-state index in [9.17, 15) is 0 Å². The van der Waals surface area contributed by atoms with Crippen LogP contribution < -0.4 is 0 Å². The van der Waals surface area contributed by atoms with E-state index >= 15 is 0 Å². The van der Waals surface area contributed by atoms with Crippen LogP contribution in [-0.4, -0.2) is 59.4 Å². The van der Waals surface area contributed by atoms with Crippen LogP contribution in [0.1, 0.15) is 82.1 Å². The average Bonchev–Trinajstić information content (AvgIpc) is 2.34. The topological polar surface area (TPSA) is 77.4 Å². The van der Waals surface area contributed by atoms with E-state index in [4.69, 9.17) is 29.2 Å². The molecule has 2 heterocycles. The Morgan fingerprint density at radius 3 is 1.00 bits per heavy atom. The van der Waals surface area contributed by atoms with Crippen LogP contribution in [0.4, 0.5) is 0 Å². The Hall–Kier alpha value is -0.240. The quantitative estimate of drug-likeness (QED) is 0.757. The van der Waals surface area contributed by atoms with Crippen molar-refractivity contribution in [2.45, 2.75) is 131 Å². The molecule has 2 rings (SSSR count). The smallest absolute Gasteiger partial charge is 0.155 e. The number of rotatable bonds is 2. The van der Waals surface area contributed by atoms with Crippen LogP contribution in [0.15, 0.2) is 0 Å². The highest BCUT2D eigenvalue weighted by molar-refractivity contribution is 4.63. The largest absolute Gasteiger partial charge is 0.393 e. The molecule has 6 unspecified atom stereocenters. The molecule has 0 bridgehead atoms. The van der Waals surface area contributed by atoms with Crippen LogP contribution in [-0.2, 0) is 18.9 Å². The van der Waals surface area contributed by atoms with E-state index in [-0.39, 0.29) is 32.2 Å². The summed E-state index contributed by atoms with van der Waals surface area (Å²) in [6.45, 7) is 15.5. The van der Waals surface area contributed by atoms with Crippen molar-refractivity contribution in [3.8, 4) is 0 Å². The van der Waals surface area contributed by atoms with Gasteiger partial charge in [0.25, 0.3) is 0 Å². The summed E-state index contributed by atoms with van der Waals surface area (Å²) in [6, 6.07) is 0. The van der Waals surface area contributed by atoms with Crippen LogP contribution >= 0.6 is 0 Å². The summed E-state index contributed by atoms with van der Waals surface area (Å²) >= 11 is 0. The summed E-state index contributed by atoms with van der Waals surface area (Å²) in [7, 11) is 0. The minimum Gasteiger partial charge on any atom is -0.393 e. The molecule has 0 aromatic rings. The fourth-order valence-electron chi connectivity index (χ4n) is 3.02. The van der Waals surface area contributed by atoms with Crippen molar-refractivity contribution in [2.24, 2.45) is 0 Å². The number of hydrogen-bond acceptors (Lipinski definition) is 6. The van der Waals surface area contributed by atoms with Crippen LogP contribution in [0.3, 0.4) is 0 Å². The summed E-state index contributed by atoms with van der Waals surface area (Å²) in [4.78, 5) is 0. The molecule has 6 atom stereocenters. The lowest BCUT2D eigenvalue weighted by Crippen LogP contribution is -2.33. The highest BCUT2D eigenvalue weighted by Crippen LogP contribution is 2.17. The molecule has 6 heteroatoms. The van der Waals surface area contributed by atoms with Gasteiger partial charge in [-0.3, -0.25) is 0 Å². The molecule has 160 valence electrons. The number of aliphatic hydroxyl groups is 2. The van der Waals surface area contributed by atoms with Gasteiger partial charge in [-0.25, -0.2) is 0 Å². The lowest BCUT2D eigenvalue weighted by atomic mass is 10.2. The van der Waals surface area contributed by atoms with E-state index in [0.717, 1.165) is 12.8 Å². The van der Waals surface area contributed by atoms with Gasteiger partial charge in [-0.05, 0) is 74.7 Å². The van der Waals surface area contributed by atoms with E-state index in [2.05, 4.69) is 27.7 Å². The van der Waals surface area contributed by atoms with Crippen molar-refractivity contribution in [1.82, 2.24) is 0 Å². The van der Waals surface area contributed by atoms with E-state index in [1.54, 1.807) is 13.8 Å². The van der Waals surface area contributed by atoms with Gasteiger partial charge in [0.2, 0.25) is 0 Å². The molecule has 0 amide bonds. The van der Waals surface area contributed by atoms with E-state index in [1.165, 1.54) is 0 Å². The third-order valence-electron chi connectivity index (χ3n) is 3.71. The standard InChI is InChI=1S/2C7H14O2.C5H12O2.CH4/c2*1-5-4-6(2)9-7(3)8-5;1-4(6)3-5(2)7;/h2*5-7H,4H2,1-3H3;4-7H,3H2,1-2H3;1H4. The Balaban J connectivity index is 0. The Kier molecular flexibility index (Phi) is 15.9. The van der Waals surface area contributed by atoms with Crippen molar-refractivity contribution in [3.05, 3.63) is 0 Å². The molecular formula is C20H44O6. The molecular weight excluding hydrogens is 336 g/mol. The lowest BCUT2D eigenvalue weighted by molar-refractivity contribution is -0.225. The Morgan fingerprint density at radius 2 is 0.885 bits per heavy atom. The van der Waals surface area contributed by atoms with Crippen molar-refractivity contribution < 1.29 is 29.2 Å². The van der Waals surface area contributed by atoms with Crippen LogP contribution in [0.5, 0.6) is 0 Å². The second-order valence-electron chi connectivity index (χ2n) is 7.33. The molecule has 6 nitrogen and oxygen atoms in total. The number of aliphatic hydroxyl groups excluding tert-OH is 2. The number of ether oxygens (including phenoxy) is 4. The molecule has 0 radical (unpaired) electrons. The van der Waals surface area contributed by atoms with Crippen molar-refractivity contribution in [3.63, 3.8) is 0 Å². The van der Waals surface area contributed by atoms with Crippen LogP contribution in [0.25, 0.3) is 0 Å². The SMILES string of the molecule is C.CC(O)CC(C)O.CC1CC(C)OC(C)O1.CC1CC(C)OC(C)O1. The summed E-state index contributed by atoms with van der Waals surface area (Å²) in [5.74, 6) is 0. The van der Waals surface area contributed by atoms with E-state index in [0.29, 0.717) is 30.8 Å². The van der Waals surface area contributed by atoms with Gasteiger partial charge in [0.1, 0.15) is 0 Å². The van der Waals surface area contributed by atoms with Gasteiger partial charge in [-0.1, -0.05) is 7.43 Å². The first kappa shape index (κ1) is 28.0. The summed E-state index contributed by atoms with van der Waals surface area (Å²) < 4.78 is 21.3. The molecule has 0 aromatic heterocycles. The normalized spacial score (nSPS) is 36.2. The highest BCUT2D eigenvalue weighted by atomic mass is 16.7. The molecule has 2 N–H and O–H groups in total. The molecule has 0 aliphatic carbocycles. The van der Waals surface area contributed by atoms with E-state index < -0.39 is 0 Å². The highest BCUT2D eigenvalue weighted by Gasteiger charge is 2.21. The zero-order valence-electron chi connectivity index (χ0n) is 17.3. The second kappa shape index (κ2) is 14.8. The summed E-state index contributed by atoms with van der Waals surface area (Å²) in [6.07, 6.45) is 3.20. The van der Waals surface area contributed by atoms with Gasteiger partial charge in [0.05, 0.1) is 36.6 Å². The Bertz CT molecular complexity index is 243. The van der Waals surface area contributed by atoms with E-state index in [1.807, 2.05) is 13.8 Å². The van der Waals surface area contributed by atoms with Crippen molar-refractivity contribution in [2.75, 3.05) is 0 Å². The first-order valence-corrected chi connectivity index (χ1v) is 9.47. The zero-order valence-corrected chi connectivity index (χ0v) is 17.3. The van der Waals surface area contributed by atoms with Gasteiger partial charge in [0.15, 0.2) is 12.6 Å². The molecule has 0 aromatic carbocycles.